The van der Waals surface area contributed by atoms with E-state index in [1.165, 1.54) is 4.90 Å². The number of carbonyl (C=O) groups is 1. The lowest BCUT2D eigenvalue weighted by molar-refractivity contribution is 0.0993. The van der Waals surface area contributed by atoms with E-state index < -0.39 is 0 Å². The molecule has 94 valence electrons. The lowest BCUT2D eigenvalue weighted by Crippen LogP contribution is -2.27. The summed E-state index contributed by atoms with van der Waals surface area (Å²) in [6.45, 7) is 0. The highest BCUT2D eigenvalue weighted by molar-refractivity contribution is 6.34. The zero-order valence-corrected chi connectivity index (χ0v) is 11.1. The molecule has 0 saturated carbocycles. The molecule has 19 heavy (non-hydrogen) atoms. The second-order valence-corrected chi connectivity index (χ2v) is 4.38. The fourth-order valence-corrected chi connectivity index (χ4v) is 2.00. The van der Waals surface area contributed by atoms with E-state index in [-0.39, 0.29) is 5.91 Å². The Bertz CT molecular complexity index is 661. The highest BCUT2D eigenvalue weighted by Crippen LogP contribution is 2.23. The van der Waals surface area contributed by atoms with Gasteiger partial charge in [-0.25, -0.2) is 0 Å². The number of halogens is 1. The van der Waals surface area contributed by atoms with Gasteiger partial charge in [0.15, 0.2) is 0 Å². The molecule has 3 nitrogen and oxygen atoms in total. The average molecular weight is 271 g/mol. The molecule has 0 saturated heterocycles. The molecule has 0 aromatic heterocycles. The van der Waals surface area contributed by atoms with Crippen LogP contribution in [0.15, 0.2) is 48.5 Å². The first-order valence-electron chi connectivity index (χ1n) is 5.67. The van der Waals surface area contributed by atoms with Gasteiger partial charge in [0, 0.05) is 7.05 Å². The van der Waals surface area contributed by atoms with Crippen LogP contribution in [0.25, 0.3) is 0 Å². The summed E-state index contributed by atoms with van der Waals surface area (Å²) in [5.41, 5.74) is 1.43. The molecule has 2 aromatic rings. The van der Waals surface area contributed by atoms with Crippen molar-refractivity contribution in [1.29, 1.82) is 5.26 Å². The van der Waals surface area contributed by atoms with E-state index in [1.807, 2.05) is 0 Å². The molecule has 2 rings (SSSR count). The number of benzene rings is 2. The minimum Gasteiger partial charge on any atom is -0.310 e. The van der Waals surface area contributed by atoms with Gasteiger partial charge >= 0.3 is 0 Å². The molecular formula is C15H11ClN2O. The topological polar surface area (TPSA) is 44.1 Å². The molecule has 0 unspecified atom stereocenters. The van der Waals surface area contributed by atoms with Crippen molar-refractivity contribution in [3.05, 3.63) is 64.7 Å². The number of nitrogens with zero attached hydrogens (tertiary/aromatic N) is 2. The summed E-state index contributed by atoms with van der Waals surface area (Å²) in [5.74, 6) is -0.242. The van der Waals surface area contributed by atoms with Crippen molar-refractivity contribution in [3.8, 4) is 6.07 Å². The van der Waals surface area contributed by atoms with Crippen LogP contribution in [-0.2, 0) is 0 Å². The van der Waals surface area contributed by atoms with Crippen molar-refractivity contribution >= 4 is 23.2 Å². The van der Waals surface area contributed by atoms with E-state index >= 15 is 0 Å². The predicted molar refractivity (Wildman–Crippen MR) is 75.3 cm³/mol. The van der Waals surface area contributed by atoms with Crippen molar-refractivity contribution in [2.75, 3.05) is 11.9 Å². The van der Waals surface area contributed by atoms with Crippen LogP contribution in [0.4, 0.5) is 5.69 Å². The largest absolute Gasteiger partial charge is 0.310 e. The van der Waals surface area contributed by atoms with E-state index in [9.17, 15) is 4.79 Å². The van der Waals surface area contributed by atoms with E-state index in [0.717, 1.165) is 0 Å². The number of para-hydroxylation sites is 1. The summed E-state index contributed by atoms with van der Waals surface area (Å²) < 4.78 is 0. The summed E-state index contributed by atoms with van der Waals surface area (Å²) in [5, 5.41) is 9.46. The molecule has 0 aliphatic heterocycles. The van der Waals surface area contributed by atoms with Gasteiger partial charge < -0.3 is 4.90 Å². The van der Waals surface area contributed by atoms with Gasteiger partial charge in [0.25, 0.3) is 5.91 Å². The fourth-order valence-electron chi connectivity index (χ4n) is 1.79. The van der Waals surface area contributed by atoms with E-state index in [0.29, 0.717) is 21.8 Å². The maximum Gasteiger partial charge on any atom is 0.259 e. The first-order chi connectivity index (χ1) is 9.15. The number of anilines is 1. The highest BCUT2D eigenvalue weighted by atomic mass is 35.5. The second kappa shape index (κ2) is 5.55. The van der Waals surface area contributed by atoms with Crippen molar-refractivity contribution in [1.82, 2.24) is 0 Å². The number of hydrogen-bond acceptors (Lipinski definition) is 2. The highest BCUT2D eigenvalue weighted by Gasteiger charge is 2.18. The molecule has 0 aliphatic rings. The first-order valence-corrected chi connectivity index (χ1v) is 6.04. The van der Waals surface area contributed by atoms with Crippen LogP contribution in [0.1, 0.15) is 15.9 Å². The Hall–Kier alpha value is -2.31. The molecule has 0 fully saturated rings. The monoisotopic (exact) mass is 270 g/mol. The molecule has 0 N–H and O–H groups in total. The van der Waals surface area contributed by atoms with Crippen molar-refractivity contribution in [2.24, 2.45) is 0 Å². The van der Waals surface area contributed by atoms with Crippen LogP contribution in [0.3, 0.4) is 0 Å². The van der Waals surface area contributed by atoms with Gasteiger partial charge in [0.1, 0.15) is 6.07 Å². The van der Waals surface area contributed by atoms with Gasteiger partial charge in [-0.15, -0.1) is 0 Å². The molecule has 1 amide bonds. The molecule has 0 spiro atoms. The molecule has 0 atom stereocenters. The van der Waals surface area contributed by atoms with Gasteiger partial charge in [-0.05, 0) is 24.3 Å². The van der Waals surface area contributed by atoms with Crippen LogP contribution in [0, 0.1) is 11.3 Å². The van der Waals surface area contributed by atoms with E-state index in [4.69, 9.17) is 16.9 Å². The van der Waals surface area contributed by atoms with Gasteiger partial charge in [0.05, 0.1) is 21.8 Å². The lowest BCUT2D eigenvalue weighted by Gasteiger charge is -2.19. The minimum absolute atomic E-state index is 0.242. The summed E-state index contributed by atoms with van der Waals surface area (Å²) >= 11 is 6.01. The second-order valence-electron chi connectivity index (χ2n) is 3.97. The molecular weight excluding hydrogens is 260 g/mol. The third kappa shape index (κ3) is 2.59. The van der Waals surface area contributed by atoms with Crippen LogP contribution in [-0.4, -0.2) is 13.0 Å². The van der Waals surface area contributed by atoms with Gasteiger partial charge in [-0.1, -0.05) is 35.9 Å². The van der Waals surface area contributed by atoms with Gasteiger partial charge in [-0.2, -0.15) is 5.26 Å². The number of hydrogen-bond donors (Lipinski definition) is 0. The molecule has 0 heterocycles. The van der Waals surface area contributed by atoms with Crippen LogP contribution < -0.4 is 4.90 Å². The Kier molecular flexibility index (Phi) is 3.84. The third-order valence-electron chi connectivity index (χ3n) is 2.79. The SMILES string of the molecule is CN(C(=O)c1ccccc1Cl)c1ccccc1C#N. The Morgan fingerprint density at radius 1 is 1.16 bits per heavy atom. The first kappa shape index (κ1) is 13.1. The standard InChI is InChI=1S/C15H11ClN2O/c1-18(14-9-5-2-6-11(14)10-17)15(19)12-7-3-4-8-13(12)16/h2-9H,1H3. The quantitative estimate of drug-likeness (QED) is 0.838. The van der Waals surface area contributed by atoms with Gasteiger partial charge in [0.2, 0.25) is 0 Å². The van der Waals surface area contributed by atoms with Crippen molar-refractivity contribution in [3.63, 3.8) is 0 Å². The zero-order chi connectivity index (χ0) is 13.8. The zero-order valence-electron chi connectivity index (χ0n) is 10.3. The molecule has 0 bridgehead atoms. The number of carbonyl (C=O) groups excluding carboxylic acids is 1. The predicted octanol–water partition coefficient (Wildman–Crippen LogP) is 3.49. The summed E-state index contributed by atoms with van der Waals surface area (Å²) in [6.07, 6.45) is 0. The van der Waals surface area contributed by atoms with Crippen LogP contribution in [0.5, 0.6) is 0 Å². The summed E-state index contributed by atoms with van der Waals surface area (Å²) in [4.78, 5) is 13.8. The van der Waals surface area contributed by atoms with Crippen LogP contribution in [0.2, 0.25) is 5.02 Å². The smallest absolute Gasteiger partial charge is 0.259 e. The number of amides is 1. The molecule has 2 aromatic carbocycles. The van der Waals surface area contributed by atoms with E-state index in [1.54, 1.807) is 55.6 Å². The normalized spacial score (nSPS) is 9.74. The minimum atomic E-state index is -0.242. The maximum atomic E-state index is 12.4. The Morgan fingerprint density at radius 2 is 1.79 bits per heavy atom. The van der Waals surface area contributed by atoms with E-state index in [2.05, 4.69) is 6.07 Å². The molecule has 0 radical (unpaired) electrons. The van der Waals surface area contributed by atoms with Crippen molar-refractivity contribution < 1.29 is 4.79 Å². The average Bonchev–Trinajstić information content (AvgIpc) is 2.46. The molecule has 4 heteroatoms. The third-order valence-corrected chi connectivity index (χ3v) is 3.12. The molecule has 0 aliphatic carbocycles. The Labute approximate surface area is 116 Å². The maximum absolute atomic E-state index is 12.4. The Morgan fingerprint density at radius 3 is 2.47 bits per heavy atom. The number of rotatable bonds is 2. The summed E-state index contributed by atoms with van der Waals surface area (Å²) in [7, 11) is 1.63. The fraction of sp³-hybridized carbons (Fsp3) is 0.0667. The Balaban J connectivity index is 2.40. The van der Waals surface area contributed by atoms with Crippen LogP contribution >= 0.6 is 11.6 Å². The van der Waals surface area contributed by atoms with Crippen molar-refractivity contribution in [2.45, 2.75) is 0 Å². The number of nitriles is 1. The lowest BCUT2D eigenvalue weighted by atomic mass is 10.1. The summed E-state index contributed by atoms with van der Waals surface area (Å²) in [6, 6.07) is 15.9. The van der Waals surface area contributed by atoms with Gasteiger partial charge in [-0.3, -0.25) is 4.79 Å².